The first-order chi connectivity index (χ1) is 8.22. The van der Waals surface area contributed by atoms with Gasteiger partial charge in [0.15, 0.2) is 5.82 Å². The summed E-state index contributed by atoms with van der Waals surface area (Å²) >= 11 is 3.44. The smallest absolute Gasteiger partial charge is 0.242 e. The molecule has 1 heterocycles. The van der Waals surface area contributed by atoms with Crippen LogP contribution in [0.25, 0.3) is 0 Å². The summed E-state index contributed by atoms with van der Waals surface area (Å²) in [6.45, 7) is 0. The third-order valence-corrected chi connectivity index (χ3v) is 2.86. The van der Waals surface area contributed by atoms with Crippen molar-refractivity contribution in [2.45, 2.75) is 0 Å². The van der Waals surface area contributed by atoms with Crippen molar-refractivity contribution in [2.75, 3.05) is 18.2 Å². The van der Waals surface area contributed by atoms with E-state index in [2.05, 4.69) is 31.2 Å². The Hall–Kier alpha value is -1.82. The fourth-order valence-corrected chi connectivity index (χ4v) is 1.72. The summed E-state index contributed by atoms with van der Waals surface area (Å²) in [5.74, 6) is 0.873. The van der Waals surface area contributed by atoms with Crippen LogP contribution in [0, 0.1) is 0 Å². The van der Waals surface area contributed by atoms with Crippen LogP contribution < -0.4 is 15.8 Å². The van der Waals surface area contributed by atoms with Crippen molar-refractivity contribution in [3.8, 4) is 5.88 Å². The van der Waals surface area contributed by atoms with Crippen molar-refractivity contribution in [3.05, 3.63) is 35.1 Å². The topological polar surface area (TPSA) is 73.1 Å². The van der Waals surface area contributed by atoms with E-state index in [0.29, 0.717) is 17.4 Å². The molecule has 0 aliphatic heterocycles. The Balaban J connectivity index is 2.34. The van der Waals surface area contributed by atoms with Gasteiger partial charge in [0.25, 0.3) is 0 Å². The lowest BCUT2D eigenvalue weighted by Crippen LogP contribution is -2.03. The number of methoxy groups -OCH3 is 1. The second-order valence-corrected chi connectivity index (χ2v) is 4.10. The number of benzene rings is 1. The molecule has 0 aliphatic rings. The Morgan fingerprint density at radius 1 is 1.29 bits per heavy atom. The third-order valence-electron chi connectivity index (χ3n) is 2.17. The molecule has 0 fully saturated rings. The Morgan fingerprint density at radius 3 is 2.76 bits per heavy atom. The summed E-state index contributed by atoms with van der Waals surface area (Å²) in [4.78, 5) is 7.99. The van der Waals surface area contributed by atoms with Gasteiger partial charge in [-0.05, 0) is 28.1 Å². The molecule has 6 heteroatoms. The van der Waals surface area contributed by atoms with Crippen LogP contribution in [0.2, 0.25) is 0 Å². The van der Waals surface area contributed by atoms with Crippen molar-refractivity contribution in [1.82, 2.24) is 9.97 Å². The van der Waals surface area contributed by atoms with E-state index in [1.165, 1.54) is 13.4 Å². The van der Waals surface area contributed by atoms with E-state index in [1.807, 2.05) is 24.3 Å². The number of rotatable bonds is 3. The summed E-state index contributed by atoms with van der Waals surface area (Å²) < 4.78 is 5.95. The van der Waals surface area contributed by atoms with Gasteiger partial charge in [0, 0.05) is 4.47 Å². The molecular weight excluding hydrogens is 284 g/mol. The lowest BCUT2D eigenvalue weighted by Gasteiger charge is -2.11. The number of nitrogens with two attached hydrogens (primary N) is 1. The average Bonchev–Trinajstić information content (AvgIpc) is 2.34. The molecule has 1 aromatic carbocycles. The maximum atomic E-state index is 5.86. The molecule has 0 bridgehead atoms. The summed E-state index contributed by atoms with van der Waals surface area (Å²) in [5, 5.41) is 3.11. The van der Waals surface area contributed by atoms with Crippen LogP contribution in [0.1, 0.15) is 0 Å². The quantitative estimate of drug-likeness (QED) is 0.910. The average molecular weight is 295 g/mol. The zero-order valence-corrected chi connectivity index (χ0v) is 10.7. The molecule has 0 radical (unpaired) electrons. The normalized spacial score (nSPS) is 10.0. The molecule has 0 saturated heterocycles. The minimum Gasteiger partial charge on any atom is -0.479 e. The van der Waals surface area contributed by atoms with Crippen molar-refractivity contribution in [1.29, 1.82) is 0 Å². The van der Waals surface area contributed by atoms with Gasteiger partial charge in [-0.2, -0.15) is 4.98 Å². The van der Waals surface area contributed by atoms with Crippen molar-refractivity contribution >= 4 is 33.1 Å². The molecule has 0 amide bonds. The van der Waals surface area contributed by atoms with Gasteiger partial charge in [-0.15, -0.1) is 0 Å². The number of anilines is 3. The van der Waals surface area contributed by atoms with Crippen LogP contribution in [-0.4, -0.2) is 17.1 Å². The zero-order chi connectivity index (χ0) is 12.3. The van der Waals surface area contributed by atoms with Gasteiger partial charge >= 0.3 is 0 Å². The number of aromatic nitrogens is 2. The summed E-state index contributed by atoms with van der Waals surface area (Å²) in [7, 11) is 1.51. The standard InChI is InChI=1S/C11H11BrN4O/c1-17-11-9(13)10(14-6-15-11)16-8-5-3-2-4-7(8)12/h2-6H,13H2,1H3,(H,14,15,16). The minimum atomic E-state index is 0.356. The lowest BCUT2D eigenvalue weighted by atomic mass is 10.3. The van der Waals surface area contributed by atoms with E-state index in [9.17, 15) is 0 Å². The third kappa shape index (κ3) is 2.47. The highest BCUT2D eigenvalue weighted by Crippen LogP contribution is 2.30. The molecule has 3 N–H and O–H groups in total. The van der Waals surface area contributed by atoms with E-state index in [1.54, 1.807) is 0 Å². The first-order valence-corrected chi connectivity index (χ1v) is 5.67. The Morgan fingerprint density at radius 2 is 2.06 bits per heavy atom. The van der Waals surface area contributed by atoms with Crippen molar-refractivity contribution < 1.29 is 4.74 Å². The number of para-hydroxylation sites is 1. The first-order valence-electron chi connectivity index (χ1n) is 4.88. The van der Waals surface area contributed by atoms with Crippen LogP contribution in [0.4, 0.5) is 17.2 Å². The highest BCUT2D eigenvalue weighted by Gasteiger charge is 2.09. The molecule has 2 rings (SSSR count). The molecule has 1 aromatic heterocycles. The van der Waals surface area contributed by atoms with Crippen molar-refractivity contribution in [3.63, 3.8) is 0 Å². The van der Waals surface area contributed by atoms with Gasteiger partial charge in [-0.25, -0.2) is 4.98 Å². The molecule has 0 spiro atoms. The van der Waals surface area contributed by atoms with Gasteiger partial charge in [0.05, 0.1) is 12.8 Å². The predicted octanol–water partition coefficient (Wildman–Crippen LogP) is 2.57. The first kappa shape index (κ1) is 11.7. The monoisotopic (exact) mass is 294 g/mol. The Bertz CT molecular complexity index is 533. The fourth-order valence-electron chi connectivity index (χ4n) is 1.33. The molecule has 17 heavy (non-hydrogen) atoms. The summed E-state index contributed by atoms with van der Waals surface area (Å²) in [6.07, 6.45) is 1.40. The van der Waals surface area contributed by atoms with Gasteiger partial charge in [-0.3, -0.25) is 0 Å². The molecule has 2 aromatic rings. The molecule has 0 saturated carbocycles. The van der Waals surface area contributed by atoms with E-state index in [0.717, 1.165) is 10.2 Å². The number of nitrogen functional groups attached to an aromatic ring is 1. The largest absolute Gasteiger partial charge is 0.479 e. The predicted molar refractivity (Wildman–Crippen MR) is 70.4 cm³/mol. The number of hydrogen-bond donors (Lipinski definition) is 2. The number of nitrogens with one attached hydrogen (secondary N) is 1. The Kier molecular flexibility index (Phi) is 3.43. The van der Waals surface area contributed by atoms with Crippen LogP contribution in [0.5, 0.6) is 5.88 Å². The molecule has 0 aliphatic carbocycles. The molecule has 0 atom stereocenters. The van der Waals surface area contributed by atoms with Crippen LogP contribution in [-0.2, 0) is 0 Å². The number of ether oxygens (including phenoxy) is 1. The van der Waals surface area contributed by atoms with Gasteiger partial charge in [0.2, 0.25) is 5.88 Å². The SMILES string of the molecule is COc1ncnc(Nc2ccccc2Br)c1N. The van der Waals surface area contributed by atoms with E-state index in [4.69, 9.17) is 10.5 Å². The van der Waals surface area contributed by atoms with Crippen LogP contribution in [0.3, 0.4) is 0 Å². The maximum absolute atomic E-state index is 5.86. The van der Waals surface area contributed by atoms with E-state index in [-0.39, 0.29) is 0 Å². The van der Waals surface area contributed by atoms with Gasteiger partial charge in [-0.1, -0.05) is 12.1 Å². The van der Waals surface area contributed by atoms with E-state index < -0.39 is 0 Å². The lowest BCUT2D eigenvalue weighted by molar-refractivity contribution is 0.399. The zero-order valence-electron chi connectivity index (χ0n) is 9.14. The minimum absolute atomic E-state index is 0.356. The highest BCUT2D eigenvalue weighted by molar-refractivity contribution is 9.10. The number of nitrogens with zero attached hydrogens (tertiary/aromatic N) is 2. The summed E-state index contributed by atoms with van der Waals surface area (Å²) in [5.41, 5.74) is 7.12. The Labute approximate surface area is 107 Å². The summed E-state index contributed by atoms with van der Waals surface area (Å²) in [6, 6.07) is 7.69. The molecule has 5 nitrogen and oxygen atoms in total. The fraction of sp³-hybridized carbons (Fsp3) is 0.0909. The second-order valence-electron chi connectivity index (χ2n) is 3.25. The second kappa shape index (κ2) is 5.01. The highest BCUT2D eigenvalue weighted by atomic mass is 79.9. The number of halogens is 1. The van der Waals surface area contributed by atoms with Crippen molar-refractivity contribution in [2.24, 2.45) is 0 Å². The van der Waals surface area contributed by atoms with Gasteiger partial charge < -0.3 is 15.8 Å². The van der Waals surface area contributed by atoms with Crippen LogP contribution >= 0.6 is 15.9 Å². The molecular formula is C11H11BrN4O. The van der Waals surface area contributed by atoms with Crippen LogP contribution in [0.15, 0.2) is 35.1 Å². The number of hydrogen-bond acceptors (Lipinski definition) is 5. The molecule has 88 valence electrons. The molecule has 0 unspecified atom stereocenters. The maximum Gasteiger partial charge on any atom is 0.242 e. The van der Waals surface area contributed by atoms with E-state index >= 15 is 0 Å². The van der Waals surface area contributed by atoms with Gasteiger partial charge in [0.1, 0.15) is 12.0 Å².